The first kappa shape index (κ1) is 20.5. The maximum absolute atomic E-state index is 13.3. The molecule has 0 radical (unpaired) electrons. The average Bonchev–Trinajstić information content (AvgIpc) is 2.70. The Balaban J connectivity index is 1.56. The van der Waals surface area contributed by atoms with Crippen molar-refractivity contribution in [2.75, 3.05) is 33.2 Å². The lowest BCUT2D eigenvalue weighted by Crippen LogP contribution is -2.47. The quantitative estimate of drug-likeness (QED) is 0.657. The standard InChI is InChI=1S/C23H28F2N2O/c1-26-14-16-27(17-15-26)23(28)5-3-2-4-22(18-6-10-20(24)11-7-18)19-8-12-21(25)13-9-19/h6-13,22H,2-5,14-17H2,1H3. The van der Waals surface area contributed by atoms with Gasteiger partial charge in [-0.3, -0.25) is 4.79 Å². The van der Waals surface area contributed by atoms with E-state index in [1.54, 1.807) is 24.3 Å². The summed E-state index contributed by atoms with van der Waals surface area (Å²) in [7, 11) is 2.08. The second-order valence-electron chi connectivity index (χ2n) is 7.59. The zero-order chi connectivity index (χ0) is 19.9. The summed E-state index contributed by atoms with van der Waals surface area (Å²) in [6.07, 6.45) is 3.11. The average molecular weight is 386 g/mol. The molecule has 0 N–H and O–H groups in total. The molecule has 2 aromatic rings. The van der Waals surface area contributed by atoms with E-state index in [0.29, 0.717) is 6.42 Å². The molecule has 0 spiro atoms. The molecule has 0 aromatic heterocycles. The van der Waals surface area contributed by atoms with Crippen molar-refractivity contribution in [1.82, 2.24) is 9.80 Å². The Kier molecular flexibility index (Phi) is 7.15. The molecule has 150 valence electrons. The normalized spacial score (nSPS) is 15.2. The summed E-state index contributed by atoms with van der Waals surface area (Å²) in [5.74, 6) is -0.230. The molecular formula is C23H28F2N2O. The number of unbranched alkanes of at least 4 members (excludes halogenated alkanes) is 1. The zero-order valence-corrected chi connectivity index (χ0v) is 16.4. The first-order valence-corrected chi connectivity index (χ1v) is 10.00. The van der Waals surface area contributed by atoms with Crippen LogP contribution < -0.4 is 0 Å². The second kappa shape index (κ2) is 9.78. The molecule has 5 heteroatoms. The van der Waals surface area contributed by atoms with E-state index in [1.165, 1.54) is 24.3 Å². The molecule has 1 amide bonds. The monoisotopic (exact) mass is 386 g/mol. The first-order valence-electron chi connectivity index (χ1n) is 10.00. The lowest BCUT2D eigenvalue weighted by atomic mass is 9.87. The molecule has 3 nitrogen and oxygen atoms in total. The maximum Gasteiger partial charge on any atom is 0.222 e. The summed E-state index contributed by atoms with van der Waals surface area (Å²) < 4.78 is 26.6. The van der Waals surface area contributed by atoms with Gasteiger partial charge in [0.05, 0.1) is 0 Å². The van der Waals surface area contributed by atoms with Gasteiger partial charge in [-0.15, -0.1) is 0 Å². The number of carbonyl (C=O) groups is 1. The highest BCUT2D eigenvalue weighted by atomic mass is 19.1. The molecule has 1 saturated heterocycles. The van der Waals surface area contributed by atoms with E-state index in [-0.39, 0.29) is 23.5 Å². The van der Waals surface area contributed by atoms with Gasteiger partial charge in [0, 0.05) is 38.5 Å². The van der Waals surface area contributed by atoms with Gasteiger partial charge in [0.1, 0.15) is 11.6 Å². The van der Waals surface area contributed by atoms with E-state index in [9.17, 15) is 13.6 Å². The Labute approximate surface area is 166 Å². The van der Waals surface area contributed by atoms with Crippen LogP contribution in [0.2, 0.25) is 0 Å². The van der Waals surface area contributed by atoms with E-state index < -0.39 is 0 Å². The molecular weight excluding hydrogens is 358 g/mol. The summed E-state index contributed by atoms with van der Waals surface area (Å²) in [6, 6.07) is 13.0. The molecule has 1 heterocycles. The van der Waals surface area contributed by atoms with Gasteiger partial charge in [-0.25, -0.2) is 8.78 Å². The Morgan fingerprint density at radius 2 is 1.36 bits per heavy atom. The largest absolute Gasteiger partial charge is 0.340 e. The lowest BCUT2D eigenvalue weighted by molar-refractivity contribution is -0.132. The number of nitrogens with zero attached hydrogens (tertiary/aromatic N) is 2. The molecule has 0 unspecified atom stereocenters. The fourth-order valence-corrected chi connectivity index (χ4v) is 3.75. The van der Waals surface area contributed by atoms with Crippen LogP contribution in [0.15, 0.2) is 48.5 Å². The molecule has 3 rings (SSSR count). The molecule has 0 atom stereocenters. The number of carbonyl (C=O) groups excluding carboxylic acids is 1. The van der Waals surface area contributed by atoms with E-state index in [4.69, 9.17) is 0 Å². The fourth-order valence-electron chi connectivity index (χ4n) is 3.75. The first-order chi connectivity index (χ1) is 13.5. The molecule has 0 aliphatic carbocycles. The third-order valence-corrected chi connectivity index (χ3v) is 5.53. The van der Waals surface area contributed by atoms with Crippen molar-refractivity contribution in [2.24, 2.45) is 0 Å². The number of benzene rings is 2. The number of piperazine rings is 1. The van der Waals surface area contributed by atoms with E-state index in [0.717, 1.165) is 56.6 Å². The minimum absolute atomic E-state index is 0.0694. The van der Waals surface area contributed by atoms with Gasteiger partial charge in [-0.05, 0) is 55.3 Å². The summed E-state index contributed by atoms with van der Waals surface area (Å²) in [5.41, 5.74) is 2.02. The number of likely N-dealkylation sites (N-methyl/N-ethyl adjacent to an activating group) is 1. The third kappa shape index (κ3) is 5.61. The number of rotatable bonds is 7. The van der Waals surface area contributed by atoms with E-state index in [1.807, 2.05) is 4.90 Å². The Morgan fingerprint density at radius 3 is 1.86 bits per heavy atom. The number of halogens is 2. The molecule has 1 aliphatic rings. The van der Waals surface area contributed by atoms with Gasteiger partial charge in [-0.2, -0.15) is 0 Å². The predicted octanol–water partition coefficient (Wildman–Crippen LogP) is 4.43. The van der Waals surface area contributed by atoms with Crippen LogP contribution in [0.3, 0.4) is 0 Å². The van der Waals surface area contributed by atoms with Crippen LogP contribution in [0.5, 0.6) is 0 Å². The Bertz CT molecular complexity index is 708. The SMILES string of the molecule is CN1CCN(C(=O)CCCCC(c2ccc(F)cc2)c2ccc(F)cc2)CC1. The van der Waals surface area contributed by atoms with Crippen molar-refractivity contribution < 1.29 is 13.6 Å². The van der Waals surface area contributed by atoms with Gasteiger partial charge in [-0.1, -0.05) is 30.7 Å². The van der Waals surface area contributed by atoms with Crippen LogP contribution in [-0.2, 0) is 4.79 Å². The lowest BCUT2D eigenvalue weighted by Gasteiger charge is -2.32. The number of amides is 1. The number of hydrogen-bond acceptors (Lipinski definition) is 2. The van der Waals surface area contributed by atoms with Gasteiger partial charge < -0.3 is 9.80 Å². The Morgan fingerprint density at radius 1 is 0.857 bits per heavy atom. The second-order valence-corrected chi connectivity index (χ2v) is 7.59. The van der Waals surface area contributed by atoms with Crippen molar-refractivity contribution in [1.29, 1.82) is 0 Å². The van der Waals surface area contributed by atoms with Crippen LogP contribution in [-0.4, -0.2) is 48.9 Å². The van der Waals surface area contributed by atoms with Gasteiger partial charge in [0.15, 0.2) is 0 Å². The molecule has 0 bridgehead atoms. The van der Waals surface area contributed by atoms with E-state index >= 15 is 0 Å². The highest BCUT2D eigenvalue weighted by Crippen LogP contribution is 2.30. The van der Waals surface area contributed by atoms with E-state index in [2.05, 4.69) is 11.9 Å². The summed E-state index contributed by atoms with van der Waals surface area (Å²) in [5, 5.41) is 0. The maximum atomic E-state index is 13.3. The fraction of sp³-hybridized carbons (Fsp3) is 0.435. The molecule has 28 heavy (non-hydrogen) atoms. The molecule has 1 fully saturated rings. The van der Waals surface area contributed by atoms with Crippen LogP contribution in [0, 0.1) is 11.6 Å². The van der Waals surface area contributed by atoms with Gasteiger partial charge in [0.2, 0.25) is 5.91 Å². The van der Waals surface area contributed by atoms with Crippen LogP contribution in [0.1, 0.15) is 42.7 Å². The summed E-state index contributed by atoms with van der Waals surface area (Å²) in [6.45, 7) is 3.48. The van der Waals surface area contributed by atoms with Gasteiger partial charge in [0.25, 0.3) is 0 Å². The van der Waals surface area contributed by atoms with Crippen LogP contribution >= 0.6 is 0 Å². The van der Waals surface area contributed by atoms with Crippen molar-refractivity contribution in [3.63, 3.8) is 0 Å². The van der Waals surface area contributed by atoms with Crippen molar-refractivity contribution in [3.05, 3.63) is 71.3 Å². The third-order valence-electron chi connectivity index (χ3n) is 5.53. The van der Waals surface area contributed by atoms with Crippen LogP contribution in [0.25, 0.3) is 0 Å². The molecule has 1 aliphatic heterocycles. The molecule has 0 saturated carbocycles. The topological polar surface area (TPSA) is 23.6 Å². The van der Waals surface area contributed by atoms with Crippen molar-refractivity contribution in [3.8, 4) is 0 Å². The Hall–Kier alpha value is -2.27. The smallest absolute Gasteiger partial charge is 0.222 e. The van der Waals surface area contributed by atoms with Crippen LogP contribution in [0.4, 0.5) is 8.78 Å². The van der Waals surface area contributed by atoms with Gasteiger partial charge >= 0.3 is 0 Å². The zero-order valence-electron chi connectivity index (χ0n) is 16.4. The molecule has 2 aromatic carbocycles. The minimum atomic E-state index is -0.264. The summed E-state index contributed by atoms with van der Waals surface area (Å²) >= 11 is 0. The van der Waals surface area contributed by atoms with Crippen molar-refractivity contribution >= 4 is 5.91 Å². The number of hydrogen-bond donors (Lipinski definition) is 0. The highest BCUT2D eigenvalue weighted by Gasteiger charge is 2.19. The van der Waals surface area contributed by atoms with Crippen molar-refractivity contribution in [2.45, 2.75) is 31.6 Å². The highest BCUT2D eigenvalue weighted by molar-refractivity contribution is 5.76. The summed E-state index contributed by atoms with van der Waals surface area (Å²) in [4.78, 5) is 16.6. The predicted molar refractivity (Wildman–Crippen MR) is 107 cm³/mol. The minimum Gasteiger partial charge on any atom is -0.340 e.